The van der Waals surface area contributed by atoms with Crippen molar-refractivity contribution in [2.45, 2.75) is 13.5 Å². The molecule has 0 bridgehead atoms. The third kappa shape index (κ3) is 1.34. The Morgan fingerprint density at radius 1 is 1.06 bits per heavy atom. The fourth-order valence-electron chi connectivity index (χ4n) is 2.54. The standard InChI is InChI=1S/C15H14N2O/c1-2-17-12-8-4-3-6-10(12)15(18)14-11(16)7-5-9-13(14)17/h3-9H,2,16H2,1H3. The van der Waals surface area contributed by atoms with Crippen LogP contribution in [0.1, 0.15) is 6.92 Å². The molecule has 0 aliphatic rings. The lowest BCUT2D eigenvalue weighted by molar-refractivity contribution is 0.821. The number of para-hydroxylation sites is 1. The second-order valence-corrected chi connectivity index (χ2v) is 4.33. The van der Waals surface area contributed by atoms with Crippen LogP contribution in [0.25, 0.3) is 21.8 Å². The van der Waals surface area contributed by atoms with Gasteiger partial charge in [0.15, 0.2) is 5.43 Å². The number of nitrogens with zero attached hydrogens (tertiary/aromatic N) is 1. The highest BCUT2D eigenvalue weighted by Gasteiger charge is 2.10. The highest BCUT2D eigenvalue weighted by Crippen LogP contribution is 2.22. The molecule has 2 N–H and O–H groups in total. The van der Waals surface area contributed by atoms with Crippen molar-refractivity contribution in [1.82, 2.24) is 4.57 Å². The van der Waals surface area contributed by atoms with Crippen molar-refractivity contribution in [2.75, 3.05) is 5.73 Å². The van der Waals surface area contributed by atoms with E-state index in [1.807, 2.05) is 36.4 Å². The molecule has 1 heterocycles. The van der Waals surface area contributed by atoms with Crippen molar-refractivity contribution in [3.05, 3.63) is 52.7 Å². The van der Waals surface area contributed by atoms with E-state index in [4.69, 9.17) is 5.73 Å². The summed E-state index contributed by atoms with van der Waals surface area (Å²) in [6, 6.07) is 13.3. The van der Waals surface area contributed by atoms with Crippen LogP contribution in [0.15, 0.2) is 47.3 Å². The normalized spacial score (nSPS) is 11.2. The number of benzene rings is 2. The third-order valence-electron chi connectivity index (χ3n) is 3.35. The Morgan fingerprint density at radius 2 is 1.78 bits per heavy atom. The SMILES string of the molecule is CCn1c2ccccc2c(=O)c2c(N)cccc21. The van der Waals surface area contributed by atoms with E-state index in [1.165, 1.54) is 0 Å². The molecule has 0 unspecified atom stereocenters. The number of pyridine rings is 1. The number of rotatable bonds is 1. The maximum Gasteiger partial charge on any atom is 0.199 e. The highest BCUT2D eigenvalue weighted by atomic mass is 16.1. The highest BCUT2D eigenvalue weighted by molar-refractivity contribution is 5.99. The monoisotopic (exact) mass is 238 g/mol. The van der Waals surface area contributed by atoms with E-state index in [-0.39, 0.29) is 5.43 Å². The van der Waals surface area contributed by atoms with E-state index in [2.05, 4.69) is 11.5 Å². The van der Waals surface area contributed by atoms with Crippen LogP contribution in [0, 0.1) is 0 Å². The van der Waals surface area contributed by atoms with Gasteiger partial charge in [0.25, 0.3) is 0 Å². The fourth-order valence-corrected chi connectivity index (χ4v) is 2.54. The summed E-state index contributed by atoms with van der Waals surface area (Å²) in [4.78, 5) is 12.5. The van der Waals surface area contributed by atoms with E-state index in [9.17, 15) is 4.79 Å². The average molecular weight is 238 g/mol. The minimum absolute atomic E-state index is 0.0170. The third-order valence-corrected chi connectivity index (χ3v) is 3.35. The van der Waals surface area contributed by atoms with Crippen LogP contribution in [0.5, 0.6) is 0 Å². The molecule has 90 valence electrons. The van der Waals surface area contributed by atoms with Gasteiger partial charge in [-0.15, -0.1) is 0 Å². The zero-order chi connectivity index (χ0) is 12.7. The topological polar surface area (TPSA) is 48.0 Å². The van der Waals surface area contributed by atoms with E-state index in [0.717, 1.165) is 23.0 Å². The average Bonchev–Trinajstić information content (AvgIpc) is 2.39. The second kappa shape index (κ2) is 3.88. The Hall–Kier alpha value is -2.29. The van der Waals surface area contributed by atoms with Gasteiger partial charge in [-0.1, -0.05) is 18.2 Å². The lowest BCUT2D eigenvalue weighted by Gasteiger charge is -2.13. The van der Waals surface area contributed by atoms with E-state index >= 15 is 0 Å². The minimum atomic E-state index is 0.0170. The van der Waals surface area contributed by atoms with Gasteiger partial charge in [-0.25, -0.2) is 0 Å². The molecule has 3 rings (SSSR count). The fraction of sp³-hybridized carbons (Fsp3) is 0.133. The number of hydrogen-bond acceptors (Lipinski definition) is 2. The molecule has 0 aliphatic heterocycles. The maximum atomic E-state index is 12.5. The molecule has 0 atom stereocenters. The summed E-state index contributed by atoms with van der Waals surface area (Å²) in [6.07, 6.45) is 0. The van der Waals surface area contributed by atoms with Gasteiger partial charge >= 0.3 is 0 Å². The summed E-state index contributed by atoms with van der Waals surface area (Å²) < 4.78 is 2.13. The number of fused-ring (bicyclic) bond motifs is 2. The Bertz CT molecular complexity index is 803. The molecule has 0 saturated carbocycles. The Kier molecular flexibility index (Phi) is 2.33. The first-order valence-electron chi connectivity index (χ1n) is 6.03. The number of hydrogen-bond donors (Lipinski definition) is 1. The van der Waals surface area contributed by atoms with Gasteiger partial charge in [-0.2, -0.15) is 0 Å². The molecule has 3 nitrogen and oxygen atoms in total. The quantitative estimate of drug-likeness (QED) is 0.523. The molecule has 3 heteroatoms. The molecule has 0 fully saturated rings. The van der Waals surface area contributed by atoms with Crippen LogP contribution in [-0.2, 0) is 6.54 Å². The van der Waals surface area contributed by atoms with Crippen LogP contribution in [0.3, 0.4) is 0 Å². The van der Waals surface area contributed by atoms with Crippen LogP contribution >= 0.6 is 0 Å². The van der Waals surface area contributed by atoms with E-state index < -0.39 is 0 Å². The van der Waals surface area contributed by atoms with Crippen LogP contribution < -0.4 is 11.2 Å². The van der Waals surface area contributed by atoms with Crippen LogP contribution in [0.4, 0.5) is 5.69 Å². The largest absolute Gasteiger partial charge is 0.398 e. The molecular formula is C15H14N2O. The summed E-state index contributed by atoms with van der Waals surface area (Å²) in [5.74, 6) is 0. The number of anilines is 1. The second-order valence-electron chi connectivity index (χ2n) is 4.33. The summed E-state index contributed by atoms with van der Waals surface area (Å²) in [5, 5.41) is 1.35. The van der Waals surface area contributed by atoms with Crippen molar-refractivity contribution in [3.63, 3.8) is 0 Å². The summed E-state index contributed by atoms with van der Waals surface area (Å²) in [5.41, 5.74) is 8.39. The van der Waals surface area contributed by atoms with Crippen molar-refractivity contribution in [1.29, 1.82) is 0 Å². The van der Waals surface area contributed by atoms with Gasteiger partial charge in [0.1, 0.15) is 0 Å². The van der Waals surface area contributed by atoms with Crippen molar-refractivity contribution >= 4 is 27.5 Å². The van der Waals surface area contributed by atoms with Gasteiger partial charge in [0.05, 0.1) is 16.4 Å². The maximum absolute atomic E-state index is 12.5. The molecule has 1 aromatic heterocycles. The first kappa shape index (κ1) is 10.8. The predicted molar refractivity (Wildman–Crippen MR) is 75.8 cm³/mol. The molecule has 0 spiro atoms. The molecule has 2 aromatic carbocycles. The molecule has 0 aliphatic carbocycles. The van der Waals surface area contributed by atoms with Gasteiger partial charge in [-0.05, 0) is 31.2 Å². The Balaban J connectivity index is 2.71. The van der Waals surface area contributed by atoms with Gasteiger partial charge in [-0.3, -0.25) is 4.79 Å². The lowest BCUT2D eigenvalue weighted by atomic mass is 10.1. The predicted octanol–water partition coefficient (Wildman–Crippen LogP) is 2.76. The number of nitrogen functional groups attached to an aromatic ring is 1. The van der Waals surface area contributed by atoms with Crippen molar-refractivity contribution in [3.8, 4) is 0 Å². The molecular weight excluding hydrogens is 224 g/mol. The Labute approximate surface area is 104 Å². The van der Waals surface area contributed by atoms with Gasteiger partial charge in [0.2, 0.25) is 0 Å². The van der Waals surface area contributed by atoms with Gasteiger partial charge < -0.3 is 10.3 Å². The molecule has 3 aromatic rings. The van der Waals surface area contributed by atoms with E-state index in [1.54, 1.807) is 6.07 Å². The summed E-state index contributed by atoms with van der Waals surface area (Å²) >= 11 is 0. The molecule has 0 radical (unpaired) electrons. The van der Waals surface area contributed by atoms with Crippen molar-refractivity contribution < 1.29 is 0 Å². The summed E-state index contributed by atoms with van der Waals surface area (Å²) in [7, 11) is 0. The van der Waals surface area contributed by atoms with Crippen LogP contribution in [-0.4, -0.2) is 4.57 Å². The summed E-state index contributed by atoms with van der Waals surface area (Å²) in [6.45, 7) is 2.88. The smallest absolute Gasteiger partial charge is 0.199 e. The van der Waals surface area contributed by atoms with E-state index in [0.29, 0.717) is 11.1 Å². The first-order chi connectivity index (χ1) is 8.74. The number of aryl methyl sites for hydroxylation is 1. The minimum Gasteiger partial charge on any atom is -0.398 e. The van der Waals surface area contributed by atoms with Gasteiger partial charge in [0, 0.05) is 17.6 Å². The first-order valence-corrected chi connectivity index (χ1v) is 6.03. The molecule has 0 saturated heterocycles. The zero-order valence-electron chi connectivity index (χ0n) is 10.2. The number of aromatic nitrogens is 1. The molecule has 18 heavy (non-hydrogen) atoms. The Morgan fingerprint density at radius 3 is 2.56 bits per heavy atom. The zero-order valence-corrected chi connectivity index (χ0v) is 10.2. The van der Waals surface area contributed by atoms with Crippen LogP contribution in [0.2, 0.25) is 0 Å². The molecule has 0 amide bonds. The number of nitrogens with two attached hydrogens (primary N) is 1. The lowest BCUT2D eigenvalue weighted by Crippen LogP contribution is -2.12. The van der Waals surface area contributed by atoms with Crippen molar-refractivity contribution in [2.24, 2.45) is 0 Å².